The highest BCUT2D eigenvalue weighted by Crippen LogP contribution is 2.61. The number of halogens is 2. The van der Waals surface area contributed by atoms with Crippen LogP contribution in [0.25, 0.3) is 66.1 Å². The van der Waals surface area contributed by atoms with Gasteiger partial charge >= 0.3 is 0 Å². The molecule has 2 aliphatic rings. The Bertz CT molecular complexity index is 4780. The molecule has 0 spiro atoms. The Kier molecular flexibility index (Phi) is 15.6. The van der Waals surface area contributed by atoms with Gasteiger partial charge in [0, 0.05) is 30.1 Å². The van der Waals surface area contributed by atoms with Crippen LogP contribution >= 0.6 is 45.2 Å². The number of hydrogen-bond donors (Lipinski definition) is 2. The van der Waals surface area contributed by atoms with Crippen molar-refractivity contribution < 1.29 is 10.2 Å². The van der Waals surface area contributed by atoms with Crippen LogP contribution in [0.15, 0.2) is 325 Å². The van der Waals surface area contributed by atoms with E-state index in [0.29, 0.717) is 22.3 Å². The molecule has 14 aromatic carbocycles. The number of nitrogens with zero attached hydrogens (tertiary/aromatic N) is 2. The highest BCUT2D eigenvalue weighted by Gasteiger charge is 2.54. The van der Waals surface area contributed by atoms with Crippen molar-refractivity contribution in [2.75, 3.05) is 0 Å². The molecule has 0 aliphatic heterocycles. The molecule has 4 nitrogen and oxygen atoms in total. The topological polar surface area (TPSA) is 65.2 Å². The van der Waals surface area contributed by atoms with Crippen LogP contribution in [-0.2, 0) is 11.2 Å². The molecule has 0 bridgehead atoms. The maximum Gasteiger partial charge on any atom is 0.142 e. The lowest BCUT2D eigenvalue weighted by Crippen LogP contribution is -2.45. The first-order valence-corrected chi connectivity index (χ1v) is 33.0. The van der Waals surface area contributed by atoms with Gasteiger partial charge in [-0.05, 0) is 229 Å². The minimum Gasteiger partial charge on any atom is -0.376 e. The molecule has 6 heteroatoms. The number of hydrogen-bond acceptors (Lipinski definition) is 4. The fourth-order valence-corrected chi connectivity index (χ4v) is 15.6. The van der Waals surface area contributed by atoms with Crippen molar-refractivity contribution >= 4 is 91.5 Å². The van der Waals surface area contributed by atoms with Gasteiger partial charge in [-0.3, -0.25) is 9.98 Å². The third-order valence-corrected chi connectivity index (χ3v) is 20.2. The number of rotatable bonds is 10. The Morgan fingerprint density at radius 1 is 0.293 bits per heavy atom. The Morgan fingerprint density at radius 2 is 0.565 bits per heavy atom. The molecule has 16 rings (SSSR count). The molecule has 14 aromatic rings. The quantitative estimate of drug-likeness (QED) is 0.106. The van der Waals surface area contributed by atoms with Gasteiger partial charge in [-0.2, -0.15) is 0 Å². The first kappa shape index (κ1) is 58.7. The molecule has 0 radical (unpaired) electrons. The van der Waals surface area contributed by atoms with Gasteiger partial charge in [0.15, 0.2) is 0 Å². The van der Waals surface area contributed by atoms with Gasteiger partial charge in [0.1, 0.15) is 11.2 Å². The third kappa shape index (κ3) is 9.87. The molecule has 2 aliphatic carbocycles. The fourth-order valence-electron chi connectivity index (χ4n) is 14.8. The van der Waals surface area contributed by atoms with Crippen molar-refractivity contribution in [2.24, 2.45) is 9.98 Å². The second-order valence-corrected chi connectivity index (χ2v) is 26.1. The van der Waals surface area contributed by atoms with Crippen LogP contribution in [0.1, 0.15) is 78.6 Å². The van der Waals surface area contributed by atoms with Gasteiger partial charge in [0.25, 0.3) is 0 Å². The summed E-state index contributed by atoms with van der Waals surface area (Å²) in [5.74, 6) is -0.00425. The smallest absolute Gasteiger partial charge is 0.142 e. The molecule has 4 atom stereocenters. The fraction of sp³-hybridized carbons (Fsp3) is 0.0465. The van der Waals surface area contributed by atoms with E-state index < -0.39 is 11.2 Å². The zero-order chi connectivity index (χ0) is 62.5. The average molecular weight is 1410 g/mol. The van der Waals surface area contributed by atoms with Crippen LogP contribution in [0.2, 0.25) is 0 Å². The predicted octanol–water partition coefficient (Wildman–Crippen LogP) is 21.8. The van der Waals surface area contributed by atoms with E-state index in [2.05, 4.69) is 275 Å². The third-order valence-electron chi connectivity index (χ3n) is 18.7. The lowest BCUT2D eigenvalue weighted by atomic mass is 9.59. The van der Waals surface area contributed by atoms with E-state index in [-0.39, 0.29) is 11.8 Å². The van der Waals surface area contributed by atoms with Crippen molar-refractivity contribution in [3.63, 3.8) is 0 Å². The van der Waals surface area contributed by atoms with Crippen molar-refractivity contribution in [3.8, 4) is 44.5 Å². The second-order valence-electron chi connectivity index (χ2n) is 23.6. The lowest BCUT2D eigenvalue weighted by molar-refractivity contribution is 0.0759. The zero-order valence-electron chi connectivity index (χ0n) is 50.1. The lowest BCUT2D eigenvalue weighted by Gasteiger charge is -2.47. The second kappa shape index (κ2) is 24.5. The molecule has 0 saturated carbocycles. The van der Waals surface area contributed by atoms with Crippen LogP contribution < -0.4 is 0 Å². The maximum absolute atomic E-state index is 13.7. The predicted molar refractivity (Wildman–Crippen MR) is 398 cm³/mol. The summed E-state index contributed by atoms with van der Waals surface area (Å²) in [5, 5.41) is 32.0. The van der Waals surface area contributed by atoms with E-state index in [0.717, 1.165) is 62.7 Å². The van der Waals surface area contributed by atoms with Crippen LogP contribution in [0.3, 0.4) is 0 Å². The molecule has 0 heterocycles. The molecule has 92 heavy (non-hydrogen) atoms. The highest BCUT2D eigenvalue weighted by atomic mass is 127. The maximum atomic E-state index is 13.7. The van der Waals surface area contributed by atoms with Crippen LogP contribution in [0, 0.1) is 7.14 Å². The Morgan fingerprint density at radius 3 is 0.880 bits per heavy atom. The standard InChI is InChI=1S/C44H32N2.C42H28I2O2/c1-45-33-25-21-31(22-26-33)41-37-19-11-12-20-38(37)42(32-23-27-34(46-2)28-24-32)44-40(30-15-7-4-8-16-30)36-18-10-9-17-35(36)39(43(41)44)29-13-5-3-6-14-29;43-31-23-19-29(20-24-31)41(45)35-17-9-10-18-36(35)42(46,30-21-25-32(44)26-22-30)40-38(28-13-5-2-6-14-28)34-16-8-7-15-33(34)37(39(40)41)27-11-3-1-4-12-27/h3-28,41-42H,1-2H2;1-26,45-46H. The van der Waals surface area contributed by atoms with Gasteiger partial charge in [-0.15, -0.1) is 0 Å². The molecule has 2 N–H and O–H groups in total. The Labute approximate surface area is 564 Å². The summed E-state index contributed by atoms with van der Waals surface area (Å²) in [7, 11) is 0. The normalized spacial score (nSPS) is 16.9. The van der Waals surface area contributed by atoms with E-state index in [1.165, 1.54) is 66.4 Å². The molecule has 4 unspecified atom stereocenters. The molecular weight excluding hydrogens is 1350 g/mol. The van der Waals surface area contributed by atoms with Crippen molar-refractivity contribution in [1.82, 2.24) is 0 Å². The largest absolute Gasteiger partial charge is 0.376 e. The monoisotopic (exact) mass is 1410 g/mol. The average Bonchev–Trinajstić information content (AvgIpc) is 0.679. The SMILES string of the molecule is C=Nc1ccc(C2c3ccccc3C(c3ccc(N=C)cc3)c3c2c(-c2ccccc2)c2ccccc2c3-c2ccccc2)cc1.OC1(c2ccc(I)cc2)c2ccccc2C(O)(c2ccc(I)cc2)c2c1c(-c1ccccc1)c1ccccc1c2-c1ccccc1. The highest BCUT2D eigenvalue weighted by molar-refractivity contribution is 14.1. The summed E-state index contributed by atoms with van der Waals surface area (Å²) in [6, 6.07) is 110. The van der Waals surface area contributed by atoms with E-state index in [9.17, 15) is 10.2 Å². The minimum absolute atomic E-state index is 0.00213. The number of aliphatic hydroxyl groups is 2. The van der Waals surface area contributed by atoms with Gasteiger partial charge in [0.05, 0.1) is 11.4 Å². The summed E-state index contributed by atoms with van der Waals surface area (Å²) >= 11 is 4.61. The summed E-state index contributed by atoms with van der Waals surface area (Å²) in [6.45, 7) is 7.55. The van der Waals surface area contributed by atoms with Crippen LogP contribution in [-0.4, -0.2) is 23.6 Å². The van der Waals surface area contributed by atoms with Crippen LogP contribution in [0.4, 0.5) is 11.4 Å². The first-order chi connectivity index (χ1) is 45.2. The Balaban J connectivity index is 0.000000153. The minimum atomic E-state index is -1.59. The van der Waals surface area contributed by atoms with E-state index in [4.69, 9.17) is 0 Å². The molecule has 0 saturated heterocycles. The van der Waals surface area contributed by atoms with E-state index in [1.807, 2.05) is 109 Å². The molecular formula is C86H60I2N2O2. The van der Waals surface area contributed by atoms with Crippen molar-refractivity contribution in [1.29, 1.82) is 0 Å². The Hall–Kier alpha value is -9.68. The molecule has 0 aromatic heterocycles. The summed E-state index contributed by atoms with van der Waals surface area (Å²) < 4.78 is 2.16. The zero-order valence-corrected chi connectivity index (χ0v) is 54.5. The van der Waals surface area contributed by atoms with Crippen LogP contribution in [0.5, 0.6) is 0 Å². The summed E-state index contributed by atoms with van der Waals surface area (Å²) in [6.07, 6.45) is 0. The van der Waals surface area contributed by atoms with Gasteiger partial charge in [-0.25, -0.2) is 0 Å². The molecule has 0 fully saturated rings. The summed E-state index contributed by atoms with van der Waals surface area (Å²) in [5.41, 5.74) is 19.3. The van der Waals surface area contributed by atoms with Gasteiger partial charge < -0.3 is 10.2 Å². The van der Waals surface area contributed by atoms with Crippen molar-refractivity contribution in [3.05, 3.63) is 389 Å². The number of aliphatic imine (C=N–C) groups is 2. The molecule has 0 amide bonds. The van der Waals surface area contributed by atoms with E-state index in [1.54, 1.807) is 0 Å². The first-order valence-electron chi connectivity index (χ1n) is 30.9. The van der Waals surface area contributed by atoms with Crippen molar-refractivity contribution in [2.45, 2.75) is 23.0 Å². The number of benzene rings is 14. The summed E-state index contributed by atoms with van der Waals surface area (Å²) in [4.78, 5) is 8.42. The van der Waals surface area contributed by atoms with E-state index >= 15 is 0 Å². The number of fused-ring (bicyclic) bond motifs is 6. The van der Waals surface area contributed by atoms with Gasteiger partial charge in [0.2, 0.25) is 0 Å². The van der Waals surface area contributed by atoms with Gasteiger partial charge in [-0.1, -0.05) is 267 Å². The molecule has 440 valence electrons.